The number of ether oxygens (including phenoxy) is 3. The third kappa shape index (κ3) is 8.77. The summed E-state index contributed by atoms with van der Waals surface area (Å²) in [4.78, 5) is 20.5. The zero-order valence-corrected chi connectivity index (χ0v) is 36.0. The molecule has 4 N–H and O–H groups in total. The number of hydrogen-bond acceptors (Lipinski definition) is 14. The summed E-state index contributed by atoms with van der Waals surface area (Å²) < 4.78 is 79.1. The van der Waals surface area contributed by atoms with E-state index < -0.39 is 53.0 Å². The molecule has 0 spiro atoms. The summed E-state index contributed by atoms with van der Waals surface area (Å²) in [6, 6.07) is 23.1. The fourth-order valence-corrected chi connectivity index (χ4v) is 12.0. The van der Waals surface area contributed by atoms with Crippen LogP contribution >= 0.6 is 0 Å². The molecule has 0 radical (unpaired) electrons. The van der Waals surface area contributed by atoms with Gasteiger partial charge in [0, 0.05) is 30.6 Å². The first-order valence-electron chi connectivity index (χ1n) is 19.7. The number of rotatable bonds is 16. The van der Waals surface area contributed by atoms with Gasteiger partial charge in [0.25, 0.3) is 0 Å². The van der Waals surface area contributed by atoms with Crippen LogP contribution < -0.4 is 25.3 Å². The van der Waals surface area contributed by atoms with Crippen LogP contribution in [-0.2, 0) is 39.5 Å². The first kappa shape index (κ1) is 42.8. The monoisotopic (exact) mass is 893 g/mol. The fourth-order valence-electron chi connectivity index (χ4n) is 7.71. The largest absolute Gasteiger partial charge is 0.497 e. The molecule has 1 aromatic heterocycles. The topological polar surface area (TPSA) is 243 Å². The number of amides is 1. The van der Waals surface area contributed by atoms with Crippen molar-refractivity contribution in [2.75, 3.05) is 21.3 Å². The zero-order valence-electron chi connectivity index (χ0n) is 34.3. The van der Waals surface area contributed by atoms with E-state index in [-0.39, 0.29) is 49.8 Å². The molecule has 18 nitrogen and oxygen atoms in total. The van der Waals surface area contributed by atoms with Crippen molar-refractivity contribution >= 4 is 37.6 Å². The third-order valence-electron chi connectivity index (χ3n) is 11.0. The number of aromatic nitrogens is 4. The maximum absolute atomic E-state index is 16.0. The van der Waals surface area contributed by atoms with E-state index in [1.807, 2.05) is 12.1 Å². The summed E-state index contributed by atoms with van der Waals surface area (Å²) in [6.07, 6.45) is 3.80. The highest BCUT2D eigenvalue weighted by atomic mass is 32.2. The number of sulfonamides is 1. The maximum Gasteiger partial charge on any atom is 0.404 e. The van der Waals surface area contributed by atoms with Crippen molar-refractivity contribution in [3.8, 4) is 28.6 Å². The first-order chi connectivity index (χ1) is 30.3. The van der Waals surface area contributed by atoms with Crippen molar-refractivity contribution in [3.05, 3.63) is 131 Å². The van der Waals surface area contributed by atoms with Gasteiger partial charge < -0.3 is 30.4 Å². The summed E-state index contributed by atoms with van der Waals surface area (Å²) >= 11 is 0. The minimum Gasteiger partial charge on any atom is -0.497 e. The van der Waals surface area contributed by atoms with E-state index >= 15 is 8.42 Å². The van der Waals surface area contributed by atoms with Gasteiger partial charge in [-0.25, -0.2) is 31.6 Å². The maximum atomic E-state index is 16.0. The number of sulfone groups is 1. The van der Waals surface area contributed by atoms with Gasteiger partial charge in [-0.3, -0.25) is 0 Å². The number of nitrogens with one attached hydrogen (secondary N) is 1. The molecule has 1 unspecified atom stereocenters. The predicted octanol–water partition coefficient (Wildman–Crippen LogP) is 4.68. The van der Waals surface area contributed by atoms with E-state index in [9.17, 15) is 18.3 Å². The Labute approximate surface area is 363 Å². The molecule has 1 atom stereocenters. The van der Waals surface area contributed by atoms with Crippen molar-refractivity contribution in [1.29, 1.82) is 0 Å². The van der Waals surface area contributed by atoms with Gasteiger partial charge in [0.1, 0.15) is 22.1 Å². The standard InChI is InChI=1S/C43H43N9O9S2/c1-59-30-13-7-26(8-14-30)23-51(24-27-9-15-31(60-2)16-10-27)63(57,58)40-37(62(55,56)33-21-29(22-33)45-43(53)54)20-19-34(35-5-4-6-36-39(35)47-42(44)46-36)38(40)41-48-50-52(49-41)25-28-11-17-32(61-3)18-12-28/h4-20,29,33,35,45H,21-25H2,1-3H3,(H2,44,46)(H,53,54). The molecule has 1 fully saturated rings. The predicted molar refractivity (Wildman–Crippen MR) is 232 cm³/mol. The van der Waals surface area contributed by atoms with E-state index in [2.05, 4.69) is 25.6 Å². The molecule has 63 heavy (non-hydrogen) atoms. The molecule has 0 saturated heterocycles. The fraction of sp³-hybridized carbons (Fsp3) is 0.256. The van der Waals surface area contributed by atoms with Crippen LogP contribution in [-0.4, -0.2) is 96.8 Å². The quantitative estimate of drug-likeness (QED) is 0.122. The molecule has 0 bridgehead atoms. The van der Waals surface area contributed by atoms with Crippen LogP contribution in [0.2, 0.25) is 0 Å². The van der Waals surface area contributed by atoms with Crippen LogP contribution in [0.25, 0.3) is 11.4 Å². The molecule has 2 aliphatic carbocycles. The SMILES string of the molecule is COc1ccc(CN(Cc2ccc(OC)cc2)S(=O)(=O)c2c(S(=O)(=O)C3CC(NC(=O)O)C3)ccc(C3C=CC=C4N=C(N)N=C43)c2-c2nnn(Cc3ccc(OC)cc3)n2)cc1. The molecule has 5 aromatic rings. The molecular formula is C43H43N9O9S2. The lowest BCUT2D eigenvalue weighted by Crippen LogP contribution is -2.49. The summed E-state index contributed by atoms with van der Waals surface area (Å²) in [5, 5.41) is 24.0. The van der Waals surface area contributed by atoms with Gasteiger partial charge in [0.15, 0.2) is 9.84 Å². The average molecular weight is 894 g/mol. The first-order valence-corrected chi connectivity index (χ1v) is 22.6. The number of carbonyl (C=O) groups is 1. The number of guanidine groups is 1. The number of hydrogen-bond donors (Lipinski definition) is 3. The average Bonchev–Trinajstić information content (AvgIpc) is 3.90. The van der Waals surface area contributed by atoms with Crippen LogP contribution in [0.1, 0.15) is 41.0 Å². The number of tetrazole rings is 1. The number of fused-ring (bicyclic) bond motifs is 1. The molecule has 1 saturated carbocycles. The second-order valence-corrected chi connectivity index (χ2v) is 19.1. The molecule has 3 aliphatic rings. The summed E-state index contributed by atoms with van der Waals surface area (Å²) in [6.45, 7) is -0.262. The number of nitrogens with two attached hydrogens (primary N) is 1. The summed E-state index contributed by atoms with van der Waals surface area (Å²) in [5.41, 5.74) is 9.08. The molecular weight excluding hydrogens is 851 g/mol. The highest BCUT2D eigenvalue weighted by molar-refractivity contribution is 7.94. The normalized spacial score (nSPS) is 18.2. The Bertz CT molecular complexity index is 2840. The molecule has 1 amide bonds. The van der Waals surface area contributed by atoms with Crippen molar-refractivity contribution < 1.29 is 40.9 Å². The summed E-state index contributed by atoms with van der Waals surface area (Å²) in [5.74, 6) is 0.802. The Morgan fingerprint density at radius 1 is 0.825 bits per heavy atom. The molecule has 1 aliphatic heterocycles. The minimum atomic E-state index is -4.90. The van der Waals surface area contributed by atoms with Gasteiger partial charge in [0.05, 0.1) is 49.4 Å². The lowest BCUT2D eigenvalue weighted by molar-refractivity contribution is 0.182. The Morgan fingerprint density at radius 2 is 1.40 bits per heavy atom. The molecule has 2 heterocycles. The Balaban J connectivity index is 1.35. The van der Waals surface area contributed by atoms with Crippen LogP contribution in [0.3, 0.4) is 0 Å². The molecule has 20 heteroatoms. The van der Waals surface area contributed by atoms with Gasteiger partial charge in [0.2, 0.25) is 21.8 Å². The second-order valence-electron chi connectivity index (χ2n) is 15.0. The van der Waals surface area contributed by atoms with Crippen molar-refractivity contribution in [2.45, 2.75) is 59.5 Å². The van der Waals surface area contributed by atoms with Crippen LogP contribution in [0, 0.1) is 0 Å². The van der Waals surface area contributed by atoms with E-state index in [4.69, 9.17) is 25.0 Å². The number of carboxylic acid groups (broad SMARTS) is 1. The van der Waals surface area contributed by atoms with E-state index in [0.29, 0.717) is 45.3 Å². The van der Waals surface area contributed by atoms with E-state index in [1.54, 1.807) is 86.0 Å². The van der Waals surface area contributed by atoms with Crippen molar-refractivity contribution in [1.82, 2.24) is 29.8 Å². The lowest BCUT2D eigenvalue weighted by Gasteiger charge is -2.35. The van der Waals surface area contributed by atoms with Crippen LogP contribution in [0.4, 0.5) is 4.79 Å². The van der Waals surface area contributed by atoms with Gasteiger partial charge in [-0.2, -0.15) is 9.10 Å². The Morgan fingerprint density at radius 3 is 1.95 bits per heavy atom. The number of methoxy groups -OCH3 is 3. The highest BCUT2D eigenvalue weighted by Gasteiger charge is 2.46. The Kier molecular flexibility index (Phi) is 11.9. The number of allylic oxidation sites excluding steroid dienone is 4. The molecule has 4 aromatic carbocycles. The molecule has 326 valence electrons. The van der Waals surface area contributed by atoms with Crippen molar-refractivity contribution in [3.63, 3.8) is 0 Å². The number of nitrogens with zero attached hydrogens (tertiary/aromatic N) is 7. The third-order valence-corrected chi connectivity index (χ3v) is 15.3. The van der Waals surface area contributed by atoms with Crippen LogP contribution in [0.5, 0.6) is 17.2 Å². The van der Waals surface area contributed by atoms with E-state index in [1.165, 1.54) is 35.5 Å². The minimum absolute atomic E-state index is 0.00164. The molecule has 8 rings (SSSR count). The lowest BCUT2D eigenvalue weighted by atomic mass is 9.86. The summed E-state index contributed by atoms with van der Waals surface area (Å²) in [7, 11) is -4.81. The highest BCUT2D eigenvalue weighted by Crippen LogP contribution is 2.45. The number of aliphatic imine (C=N–C) groups is 2. The van der Waals surface area contributed by atoms with Gasteiger partial charge in [-0.05, 0) is 88.8 Å². The van der Waals surface area contributed by atoms with E-state index in [0.717, 1.165) is 5.56 Å². The van der Waals surface area contributed by atoms with Crippen LogP contribution in [0.15, 0.2) is 129 Å². The number of benzene rings is 4. The second kappa shape index (κ2) is 17.5. The van der Waals surface area contributed by atoms with Gasteiger partial charge in [-0.15, -0.1) is 10.2 Å². The zero-order chi connectivity index (χ0) is 44.5. The van der Waals surface area contributed by atoms with Gasteiger partial charge >= 0.3 is 6.09 Å². The van der Waals surface area contributed by atoms with Crippen molar-refractivity contribution in [2.24, 2.45) is 15.7 Å². The smallest absolute Gasteiger partial charge is 0.404 e. The van der Waals surface area contributed by atoms with Gasteiger partial charge in [-0.1, -0.05) is 54.6 Å². The Hall–Kier alpha value is -6.90.